The normalized spacial score (nSPS) is 12.4. The van der Waals surface area contributed by atoms with Crippen LogP contribution in [0.5, 0.6) is 0 Å². The SMILES string of the molecule is COC(=O)CC(N=C(c1ccccc1)c1ccccc1)(C(=O)N(C)C)c1ccccc1. The predicted octanol–water partition coefficient (Wildman–Crippen LogP) is 4.07. The summed E-state index contributed by atoms with van der Waals surface area (Å²) >= 11 is 0. The highest BCUT2D eigenvalue weighted by molar-refractivity contribution is 6.14. The molecule has 158 valence electrons. The molecule has 3 aromatic rings. The Kier molecular flexibility index (Phi) is 6.98. The van der Waals surface area contributed by atoms with Crippen molar-refractivity contribution in [1.82, 2.24) is 4.90 Å². The number of rotatable bonds is 7. The van der Waals surface area contributed by atoms with Crippen LogP contribution in [0.4, 0.5) is 0 Å². The molecule has 0 aliphatic rings. The van der Waals surface area contributed by atoms with Crippen LogP contribution in [0.3, 0.4) is 0 Å². The van der Waals surface area contributed by atoms with Crippen LogP contribution in [0, 0.1) is 0 Å². The van der Waals surface area contributed by atoms with Crippen molar-refractivity contribution >= 4 is 17.6 Å². The van der Waals surface area contributed by atoms with E-state index in [4.69, 9.17) is 9.73 Å². The fraction of sp³-hybridized carbons (Fsp3) is 0.192. The average Bonchev–Trinajstić information content (AvgIpc) is 2.82. The minimum Gasteiger partial charge on any atom is -0.469 e. The summed E-state index contributed by atoms with van der Waals surface area (Å²) in [6.07, 6.45) is -0.215. The second kappa shape index (κ2) is 9.85. The predicted molar refractivity (Wildman–Crippen MR) is 122 cm³/mol. The first-order valence-corrected chi connectivity index (χ1v) is 10.0. The Hall–Kier alpha value is -3.73. The van der Waals surface area contributed by atoms with Crippen LogP contribution in [-0.4, -0.2) is 43.7 Å². The van der Waals surface area contributed by atoms with Gasteiger partial charge in [-0.2, -0.15) is 0 Å². The third kappa shape index (κ3) is 4.89. The third-order valence-electron chi connectivity index (χ3n) is 5.04. The van der Waals surface area contributed by atoms with Crippen molar-refractivity contribution in [3.63, 3.8) is 0 Å². The fourth-order valence-electron chi connectivity index (χ4n) is 3.50. The molecule has 0 saturated carbocycles. The molecule has 0 fully saturated rings. The molecule has 3 aromatic carbocycles. The monoisotopic (exact) mass is 414 g/mol. The van der Waals surface area contributed by atoms with Gasteiger partial charge in [-0.1, -0.05) is 91.0 Å². The maximum atomic E-state index is 13.6. The average molecular weight is 415 g/mol. The van der Waals surface area contributed by atoms with E-state index in [1.165, 1.54) is 12.0 Å². The highest BCUT2D eigenvalue weighted by Gasteiger charge is 2.44. The highest BCUT2D eigenvalue weighted by Crippen LogP contribution is 2.34. The highest BCUT2D eigenvalue weighted by atomic mass is 16.5. The number of likely N-dealkylation sites (N-methyl/N-ethyl adjacent to an activating group) is 1. The van der Waals surface area contributed by atoms with E-state index in [1.54, 1.807) is 14.1 Å². The third-order valence-corrected chi connectivity index (χ3v) is 5.04. The summed E-state index contributed by atoms with van der Waals surface area (Å²) in [6.45, 7) is 0. The van der Waals surface area contributed by atoms with Gasteiger partial charge in [-0.15, -0.1) is 0 Å². The van der Waals surface area contributed by atoms with Crippen LogP contribution in [0.2, 0.25) is 0 Å². The first-order valence-electron chi connectivity index (χ1n) is 10.0. The molecule has 0 aliphatic heterocycles. The van der Waals surface area contributed by atoms with Crippen LogP contribution in [-0.2, 0) is 19.9 Å². The van der Waals surface area contributed by atoms with Crippen molar-refractivity contribution in [2.75, 3.05) is 21.2 Å². The van der Waals surface area contributed by atoms with E-state index in [0.29, 0.717) is 11.3 Å². The van der Waals surface area contributed by atoms with Crippen molar-refractivity contribution in [2.24, 2.45) is 4.99 Å². The molecule has 0 N–H and O–H groups in total. The lowest BCUT2D eigenvalue weighted by Gasteiger charge is -2.32. The molecule has 31 heavy (non-hydrogen) atoms. The van der Waals surface area contributed by atoms with Gasteiger partial charge in [0.05, 0.1) is 19.2 Å². The Labute approximate surface area is 183 Å². The van der Waals surface area contributed by atoms with Gasteiger partial charge in [0.25, 0.3) is 5.91 Å². The first-order chi connectivity index (χ1) is 15.0. The van der Waals surface area contributed by atoms with E-state index in [1.807, 2.05) is 91.0 Å². The van der Waals surface area contributed by atoms with Gasteiger partial charge in [0.2, 0.25) is 0 Å². The summed E-state index contributed by atoms with van der Waals surface area (Å²) in [5.74, 6) is -0.809. The van der Waals surface area contributed by atoms with Crippen LogP contribution in [0.1, 0.15) is 23.1 Å². The van der Waals surface area contributed by atoms with Gasteiger partial charge in [0, 0.05) is 25.2 Å². The first kappa shape index (κ1) is 22.0. The topological polar surface area (TPSA) is 59.0 Å². The Bertz CT molecular complexity index is 1010. The van der Waals surface area contributed by atoms with E-state index in [2.05, 4.69) is 0 Å². The van der Waals surface area contributed by atoms with Gasteiger partial charge >= 0.3 is 5.97 Å². The molecule has 5 nitrogen and oxygen atoms in total. The van der Waals surface area contributed by atoms with Crippen molar-refractivity contribution in [3.05, 3.63) is 108 Å². The Balaban J connectivity index is 2.35. The number of aliphatic imine (C=N–C) groups is 1. The minimum atomic E-state index is -1.47. The van der Waals surface area contributed by atoms with Crippen molar-refractivity contribution in [1.29, 1.82) is 0 Å². The zero-order valence-electron chi connectivity index (χ0n) is 18.0. The lowest BCUT2D eigenvalue weighted by molar-refractivity contribution is -0.147. The number of esters is 1. The Morgan fingerprint density at radius 3 is 1.68 bits per heavy atom. The molecule has 0 spiro atoms. The summed E-state index contributed by atoms with van der Waals surface area (Å²) in [4.78, 5) is 32.7. The van der Waals surface area contributed by atoms with E-state index in [9.17, 15) is 9.59 Å². The smallest absolute Gasteiger partial charge is 0.308 e. The number of nitrogens with zero attached hydrogens (tertiary/aromatic N) is 2. The van der Waals surface area contributed by atoms with Crippen LogP contribution < -0.4 is 0 Å². The molecule has 0 heterocycles. The number of carbonyl (C=O) groups excluding carboxylic acids is 2. The summed E-state index contributed by atoms with van der Waals surface area (Å²) in [5, 5.41) is 0. The number of amides is 1. The molecule has 5 heteroatoms. The van der Waals surface area contributed by atoms with Crippen molar-refractivity contribution in [3.8, 4) is 0 Å². The molecule has 0 bridgehead atoms. The lowest BCUT2D eigenvalue weighted by atomic mass is 9.84. The van der Waals surface area contributed by atoms with Gasteiger partial charge in [-0.3, -0.25) is 14.6 Å². The summed E-state index contributed by atoms with van der Waals surface area (Å²) < 4.78 is 4.97. The van der Waals surface area contributed by atoms with Gasteiger partial charge in [0.1, 0.15) is 0 Å². The second-order valence-corrected chi connectivity index (χ2v) is 7.37. The van der Waals surface area contributed by atoms with E-state index in [0.717, 1.165) is 11.1 Å². The minimum absolute atomic E-state index is 0.215. The quantitative estimate of drug-likeness (QED) is 0.433. The maximum absolute atomic E-state index is 13.6. The molecule has 0 saturated heterocycles. The molecule has 1 atom stereocenters. The van der Waals surface area contributed by atoms with Crippen LogP contribution >= 0.6 is 0 Å². The van der Waals surface area contributed by atoms with Crippen LogP contribution in [0.25, 0.3) is 0 Å². The Morgan fingerprint density at radius 1 is 0.806 bits per heavy atom. The van der Waals surface area contributed by atoms with Crippen molar-refractivity contribution < 1.29 is 14.3 Å². The maximum Gasteiger partial charge on any atom is 0.308 e. The lowest BCUT2D eigenvalue weighted by Crippen LogP contribution is -2.45. The molecular weight excluding hydrogens is 388 g/mol. The molecule has 3 rings (SSSR count). The second-order valence-electron chi connectivity index (χ2n) is 7.37. The number of hydrogen-bond acceptors (Lipinski definition) is 4. The number of ether oxygens (including phenoxy) is 1. The molecule has 0 radical (unpaired) electrons. The molecular formula is C26H26N2O3. The zero-order chi connectivity index (χ0) is 22.3. The van der Waals surface area contributed by atoms with Gasteiger partial charge in [0.15, 0.2) is 5.54 Å². The molecule has 1 unspecified atom stereocenters. The number of benzene rings is 3. The largest absolute Gasteiger partial charge is 0.469 e. The van der Waals surface area contributed by atoms with Crippen LogP contribution in [0.15, 0.2) is 96.0 Å². The van der Waals surface area contributed by atoms with Crippen molar-refractivity contribution in [2.45, 2.75) is 12.0 Å². The standard InChI is InChI=1S/C26H26N2O3/c1-28(2)25(30)26(19-23(29)31-3,22-17-11-6-12-18-22)27-24(20-13-7-4-8-14-20)21-15-9-5-10-16-21/h4-18H,19H2,1-3H3. The van der Waals surface area contributed by atoms with E-state index < -0.39 is 11.5 Å². The number of carbonyl (C=O) groups is 2. The number of hydrogen-bond donors (Lipinski definition) is 0. The Morgan fingerprint density at radius 2 is 1.26 bits per heavy atom. The molecule has 0 aromatic heterocycles. The molecule has 0 aliphatic carbocycles. The van der Waals surface area contributed by atoms with Gasteiger partial charge in [-0.05, 0) is 5.56 Å². The van der Waals surface area contributed by atoms with E-state index >= 15 is 0 Å². The number of methoxy groups -OCH3 is 1. The van der Waals surface area contributed by atoms with Gasteiger partial charge in [-0.25, -0.2) is 0 Å². The summed E-state index contributed by atoms with van der Waals surface area (Å²) in [6, 6.07) is 28.5. The van der Waals surface area contributed by atoms with Gasteiger partial charge < -0.3 is 9.64 Å². The zero-order valence-corrected chi connectivity index (χ0v) is 18.0. The van der Waals surface area contributed by atoms with E-state index in [-0.39, 0.29) is 12.3 Å². The molecule has 1 amide bonds. The summed E-state index contributed by atoms with van der Waals surface area (Å²) in [7, 11) is 4.65. The summed E-state index contributed by atoms with van der Waals surface area (Å²) in [5.41, 5.74) is 1.49. The fourth-order valence-corrected chi connectivity index (χ4v) is 3.50.